The molecule has 17 heavy (non-hydrogen) atoms. The smallest absolute Gasteiger partial charge is 0.124 e. The van der Waals surface area contributed by atoms with E-state index in [0.29, 0.717) is 6.04 Å². The Morgan fingerprint density at radius 2 is 2.18 bits per heavy atom. The molecular formula is C14H21NO2. The van der Waals surface area contributed by atoms with Crippen LogP contribution in [0.1, 0.15) is 30.0 Å². The van der Waals surface area contributed by atoms with E-state index >= 15 is 0 Å². The maximum atomic E-state index is 9.34. The highest BCUT2D eigenvalue weighted by molar-refractivity contribution is 5.43. The second-order valence-corrected chi connectivity index (χ2v) is 4.77. The monoisotopic (exact) mass is 235 g/mol. The van der Waals surface area contributed by atoms with Crippen LogP contribution in [0.25, 0.3) is 0 Å². The number of benzene rings is 1. The van der Waals surface area contributed by atoms with Crippen molar-refractivity contribution in [3.63, 3.8) is 0 Å². The van der Waals surface area contributed by atoms with Crippen LogP contribution in [0, 0.1) is 0 Å². The molecule has 1 atom stereocenters. The molecule has 0 aliphatic carbocycles. The van der Waals surface area contributed by atoms with Crippen LogP contribution in [0.3, 0.4) is 0 Å². The van der Waals surface area contributed by atoms with Crippen LogP contribution in [0.2, 0.25) is 0 Å². The molecule has 1 unspecified atom stereocenters. The summed E-state index contributed by atoms with van der Waals surface area (Å²) in [6.07, 6.45) is 2.23. The van der Waals surface area contributed by atoms with E-state index in [1.54, 1.807) is 7.11 Å². The number of methoxy groups -OCH3 is 1. The summed E-state index contributed by atoms with van der Waals surface area (Å²) in [5, 5.41) is 9.34. The van der Waals surface area contributed by atoms with Gasteiger partial charge in [-0.05, 0) is 43.1 Å². The molecule has 0 radical (unpaired) electrons. The van der Waals surface area contributed by atoms with Crippen molar-refractivity contribution in [3.05, 3.63) is 28.8 Å². The molecule has 0 bridgehead atoms. The molecule has 1 aliphatic heterocycles. The van der Waals surface area contributed by atoms with E-state index in [-0.39, 0.29) is 6.61 Å². The van der Waals surface area contributed by atoms with Crippen LogP contribution in [-0.2, 0) is 19.6 Å². The van der Waals surface area contributed by atoms with Gasteiger partial charge in [-0.2, -0.15) is 0 Å². The molecule has 1 heterocycles. The minimum Gasteiger partial charge on any atom is -0.496 e. The molecule has 0 spiro atoms. The van der Waals surface area contributed by atoms with Crippen LogP contribution < -0.4 is 4.74 Å². The first-order valence-electron chi connectivity index (χ1n) is 6.19. The van der Waals surface area contributed by atoms with Gasteiger partial charge in [-0.1, -0.05) is 6.92 Å². The molecule has 1 aliphatic rings. The van der Waals surface area contributed by atoms with E-state index in [1.165, 1.54) is 11.1 Å². The Morgan fingerprint density at radius 1 is 1.41 bits per heavy atom. The van der Waals surface area contributed by atoms with Crippen molar-refractivity contribution in [3.8, 4) is 5.75 Å². The summed E-state index contributed by atoms with van der Waals surface area (Å²) < 4.78 is 5.31. The molecule has 1 aromatic rings. The minimum atomic E-state index is 0.0447. The standard InChI is InChI=1S/C14H21NO2/c1-4-13-6-10-5-12(9-16)14(17-3)7-11(10)8-15(13)2/h5,7,13,16H,4,6,8-9H2,1-3H3. The fourth-order valence-corrected chi connectivity index (χ4v) is 2.63. The molecule has 0 saturated heterocycles. The van der Waals surface area contributed by atoms with Gasteiger partial charge in [0.15, 0.2) is 0 Å². The number of likely N-dealkylation sites (N-methyl/N-ethyl adjacent to an activating group) is 1. The first kappa shape index (κ1) is 12.4. The summed E-state index contributed by atoms with van der Waals surface area (Å²) >= 11 is 0. The summed E-state index contributed by atoms with van der Waals surface area (Å²) in [7, 11) is 3.83. The summed E-state index contributed by atoms with van der Waals surface area (Å²) in [5.74, 6) is 0.801. The number of rotatable bonds is 3. The van der Waals surface area contributed by atoms with Crippen molar-refractivity contribution in [1.82, 2.24) is 4.90 Å². The molecule has 1 aromatic carbocycles. The van der Waals surface area contributed by atoms with Crippen LogP contribution in [0.5, 0.6) is 5.75 Å². The van der Waals surface area contributed by atoms with Gasteiger partial charge in [-0.25, -0.2) is 0 Å². The molecule has 0 fully saturated rings. The molecule has 2 rings (SSSR count). The van der Waals surface area contributed by atoms with Crippen molar-refractivity contribution in [2.45, 2.75) is 39.0 Å². The van der Waals surface area contributed by atoms with Crippen LogP contribution in [0.15, 0.2) is 12.1 Å². The van der Waals surface area contributed by atoms with Crippen LogP contribution in [0.4, 0.5) is 0 Å². The number of aliphatic hydroxyl groups excluding tert-OH is 1. The zero-order chi connectivity index (χ0) is 12.4. The van der Waals surface area contributed by atoms with Crippen molar-refractivity contribution in [2.24, 2.45) is 0 Å². The summed E-state index contributed by atoms with van der Waals surface area (Å²) in [6.45, 7) is 3.24. The van der Waals surface area contributed by atoms with E-state index in [9.17, 15) is 5.11 Å². The number of nitrogens with zero attached hydrogens (tertiary/aromatic N) is 1. The van der Waals surface area contributed by atoms with E-state index in [1.807, 2.05) is 0 Å². The summed E-state index contributed by atoms with van der Waals surface area (Å²) in [5.41, 5.74) is 3.58. The zero-order valence-corrected chi connectivity index (χ0v) is 10.9. The zero-order valence-electron chi connectivity index (χ0n) is 10.9. The van der Waals surface area contributed by atoms with Gasteiger partial charge >= 0.3 is 0 Å². The first-order valence-corrected chi connectivity index (χ1v) is 6.19. The van der Waals surface area contributed by atoms with Gasteiger partial charge in [-0.15, -0.1) is 0 Å². The topological polar surface area (TPSA) is 32.7 Å². The lowest BCUT2D eigenvalue weighted by Gasteiger charge is -2.34. The molecule has 94 valence electrons. The second kappa shape index (κ2) is 5.07. The first-order chi connectivity index (χ1) is 8.19. The van der Waals surface area contributed by atoms with Gasteiger partial charge in [0.05, 0.1) is 13.7 Å². The summed E-state index contributed by atoms with van der Waals surface area (Å²) in [4.78, 5) is 2.39. The highest BCUT2D eigenvalue weighted by Gasteiger charge is 2.23. The number of ether oxygens (including phenoxy) is 1. The van der Waals surface area contributed by atoms with Crippen molar-refractivity contribution < 1.29 is 9.84 Å². The molecule has 3 heteroatoms. The largest absolute Gasteiger partial charge is 0.496 e. The van der Waals surface area contributed by atoms with Gasteiger partial charge in [-0.3, -0.25) is 4.90 Å². The van der Waals surface area contributed by atoms with Crippen molar-refractivity contribution in [2.75, 3.05) is 14.2 Å². The Morgan fingerprint density at radius 3 is 2.76 bits per heavy atom. The van der Waals surface area contributed by atoms with Crippen LogP contribution >= 0.6 is 0 Å². The number of hydrogen-bond acceptors (Lipinski definition) is 3. The Balaban J connectivity index is 2.37. The minimum absolute atomic E-state index is 0.0447. The number of hydrogen-bond donors (Lipinski definition) is 1. The average Bonchev–Trinajstić information content (AvgIpc) is 2.36. The predicted octanol–water partition coefficient (Wildman–Crippen LogP) is 1.95. The van der Waals surface area contributed by atoms with Gasteiger partial charge in [0.25, 0.3) is 0 Å². The maximum Gasteiger partial charge on any atom is 0.124 e. The Kier molecular flexibility index (Phi) is 3.69. The Bertz CT molecular complexity index is 403. The van der Waals surface area contributed by atoms with E-state index in [2.05, 4.69) is 31.0 Å². The molecule has 0 saturated carbocycles. The lowest BCUT2D eigenvalue weighted by Crippen LogP contribution is -2.36. The van der Waals surface area contributed by atoms with Crippen molar-refractivity contribution in [1.29, 1.82) is 0 Å². The SMILES string of the molecule is CCC1Cc2cc(CO)c(OC)cc2CN1C. The average molecular weight is 235 g/mol. The van der Waals surface area contributed by atoms with Gasteiger partial charge < -0.3 is 9.84 Å². The summed E-state index contributed by atoms with van der Waals surface area (Å²) in [6, 6.07) is 4.79. The van der Waals surface area contributed by atoms with Gasteiger partial charge in [0.1, 0.15) is 5.75 Å². The molecule has 3 nitrogen and oxygen atoms in total. The third kappa shape index (κ3) is 2.31. The molecular weight excluding hydrogens is 214 g/mol. The highest BCUT2D eigenvalue weighted by atomic mass is 16.5. The van der Waals surface area contributed by atoms with Crippen molar-refractivity contribution >= 4 is 0 Å². The molecule has 0 amide bonds. The normalized spacial score (nSPS) is 20.1. The van der Waals surface area contributed by atoms with Crippen LogP contribution in [-0.4, -0.2) is 30.2 Å². The fraction of sp³-hybridized carbons (Fsp3) is 0.571. The third-order valence-electron chi connectivity index (χ3n) is 3.74. The molecule has 1 N–H and O–H groups in total. The maximum absolute atomic E-state index is 9.34. The Hall–Kier alpha value is -1.06. The predicted molar refractivity (Wildman–Crippen MR) is 68.2 cm³/mol. The van der Waals surface area contributed by atoms with E-state index in [4.69, 9.17) is 4.74 Å². The highest BCUT2D eigenvalue weighted by Crippen LogP contribution is 2.30. The third-order valence-corrected chi connectivity index (χ3v) is 3.74. The Labute approximate surface area is 103 Å². The quantitative estimate of drug-likeness (QED) is 0.869. The lowest BCUT2D eigenvalue weighted by molar-refractivity contribution is 0.209. The lowest BCUT2D eigenvalue weighted by atomic mass is 9.91. The van der Waals surface area contributed by atoms with Gasteiger partial charge in [0.2, 0.25) is 0 Å². The number of aliphatic hydroxyl groups is 1. The van der Waals surface area contributed by atoms with E-state index in [0.717, 1.165) is 30.7 Å². The van der Waals surface area contributed by atoms with E-state index < -0.39 is 0 Å². The van der Waals surface area contributed by atoms with Gasteiger partial charge in [0, 0.05) is 18.2 Å². The molecule has 0 aromatic heterocycles. The fourth-order valence-electron chi connectivity index (χ4n) is 2.63. The number of fused-ring (bicyclic) bond motifs is 1. The second-order valence-electron chi connectivity index (χ2n) is 4.77.